The van der Waals surface area contributed by atoms with Crippen molar-refractivity contribution in [3.05, 3.63) is 46.0 Å². The molecule has 0 bridgehead atoms. The van der Waals surface area contributed by atoms with Gasteiger partial charge in [0.25, 0.3) is 0 Å². The monoisotopic (exact) mass is 310 g/mol. The van der Waals surface area contributed by atoms with Crippen molar-refractivity contribution in [3.63, 3.8) is 0 Å². The van der Waals surface area contributed by atoms with Gasteiger partial charge in [-0.25, -0.2) is 0 Å². The first-order valence-electron chi connectivity index (χ1n) is 6.20. The van der Waals surface area contributed by atoms with Crippen LogP contribution in [0.5, 0.6) is 0 Å². The van der Waals surface area contributed by atoms with Gasteiger partial charge in [-0.05, 0) is 29.7 Å². The Morgan fingerprint density at radius 3 is 2.94 bits per heavy atom. The first-order valence-corrected chi connectivity index (χ1v) is 6.99. The zero-order valence-corrected chi connectivity index (χ0v) is 12.5. The molecule has 0 saturated carbocycles. The molecule has 0 aliphatic carbocycles. The highest BCUT2D eigenvalue weighted by molar-refractivity contribution is 9.10. The van der Waals surface area contributed by atoms with Gasteiger partial charge in [-0.15, -0.1) is 6.58 Å². The van der Waals surface area contributed by atoms with E-state index in [9.17, 15) is 5.11 Å². The molecule has 2 atom stereocenters. The van der Waals surface area contributed by atoms with Gasteiger partial charge in [-0.2, -0.15) is 0 Å². The highest BCUT2D eigenvalue weighted by Gasteiger charge is 2.39. The predicted molar refractivity (Wildman–Crippen MR) is 76.8 cm³/mol. The summed E-state index contributed by atoms with van der Waals surface area (Å²) in [6.07, 6.45) is 2.44. The van der Waals surface area contributed by atoms with Gasteiger partial charge in [-0.3, -0.25) is 0 Å². The van der Waals surface area contributed by atoms with Gasteiger partial charge in [-0.1, -0.05) is 35.0 Å². The van der Waals surface area contributed by atoms with Crippen LogP contribution in [0.25, 0.3) is 0 Å². The molecule has 0 radical (unpaired) electrons. The summed E-state index contributed by atoms with van der Waals surface area (Å²) in [4.78, 5) is 0. The van der Waals surface area contributed by atoms with E-state index in [1.165, 1.54) is 11.1 Å². The maximum atomic E-state index is 9.80. The van der Waals surface area contributed by atoms with E-state index in [0.717, 1.165) is 10.0 Å². The number of halogens is 1. The molecule has 0 amide bonds. The Morgan fingerprint density at radius 2 is 2.33 bits per heavy atom. The first-order chi connectivity index (χ1) is 8.54. The van der Waals surface area contributed by atoms with E-state index in [1.807, 2.05) is 6.08 Å². The highest BCUT2D eigenvalue weighted by Crippen LogP contribution is 2.44. The molecule has 0 spiro atoms. The largest absolute Gasteiger partial charge is 0.393 e. The van der Waals surface area contributed by atoms with Crippen molar-refractivity contribution < 1.29 is 9.84 Å². The average Bonchev–Trinajstić information content (AvgIpc) is 2.32. The number of ether oxygens (including phenoxy) is 1. The molecule has 1 heterocycles. The lowest BCUT2D eigenvalue weighted by Gasteiger charge is -2.40. The summed E-state index contributed by atoms with van der Waals surface area (Å²) < 4.78 is 7.07. The van der Waals surface area contributed by atoms with Crippen molar-refractivity contribution in [1.29, 1.82) is 0 Å². The van der Waals surface area contributed by atoms with Crippen LogP contribution in [-0.4, -0.2) is 18.3 Å². The minimum Gasteiger partial charge on any atom is -0.393 e. The van der Waals surface area contributed by atoms with E-state index in [4.69, 9.17) is 4.74 Å². The summed E-state index contributed by atoms with van der Waals surface area (Å²) in [5, 5.41) is 9.80. The Balaban J connectivity index is 2.65. The Hall–Kier alpha value is -0.640. The summed E-state index contributed by atoms with van der Waals surface area (Å²) in [7, 11) is 0. The van der Waals surface area contributed by atoms with Gasteiger partial charge in [0.15, 0.2) is 0 Å². The van der Waals surface area contributed by atoms with E-state index in [-0.39, 0.29) is 6.61 Å². The smallest absolute Gasteiger partial charge is 0.120 e. The van der Waals surface area contributed by atoms with Gasteiger partial charge in [0.1, 0.15) is 5.60 Å². The first kappa shape index (κ1) is 13.8. The molecule has 0 aromatic heterocycles. The molecule has 98 valence electrons. The van der Waals surface area contributed by atoms with Crippen LogP contribution >= 0.6 is 15.9 Å². The molecule has 3 heteroatoms. The normalized spacial score (nSPS) is 26.8. The Morgan fingerprint density at radius 1 is 1.61 bits per heavy atom. The SMILES string of the molecule is C=CCC1(CO)OCC(C)c2c(Br)cc(C)cc21. The van der Waals surface area contributed by atoms with E-state index >= 15 is 0 Å². The summed E-state index contributed by atoms with van der Waals surface area (Å²) in [5.74, 6) is 0.333. The summed E-state index contributed by atoms with van der Waals surface area (Å²) in [6.45, 7) is 8.59. The molecule has 2 unspecified atom stereocenters. The number of aliphatic hydroxyl groups is 1. The second-order valence-corrected chi connectivity index (χ2v) is 5.92. The number of benzene rings is 1. The molecule has 1 aromatic carbocycles. The van der Waals surface area contributed by atoms with Crippen LogP contribution in [0.1, 0.15) is 36.0 Å². The van der Waals surface area contributed by atoms with Crippen molar-refractivity contribution in [2.75, 3.05) is 13.2 Å². The third kappa shape index (κ3) is 2.15. The number of aryl methyl sites for hydroxylation is 1. The summed E-state index contributed by atoms with van der Waals surface area (Å²) >= 11 is 3.64. The van der Waals surface area contributed by atoms with Gasteiger partial charge in [0, 0.05) is 16.8 Å². The third-order valence-corrected chi connectivity index (χ3v) is 4.25. The van der Waals surface area contributed by atoms with Crippen molar-refractivity contribution in [1.82, 2.24) is 0 Å². The Kier molecular flexibility index (Phi) is 3.95. The van der Waals surface area contributed by atoms with E-state index in [0.29, 0.717) is 18.9 Å². The standard InChI is InChI=1S/C15H19BrO2/c1-4-5-15(9-17)12-6-10(2)7-13(16)14(12)11(3)8-18-15/h4,6-7,11,17H,1,5,8-9H2,2-3H3. The maximum absolute atomic E-state index is 9.80. The van der Waals surface area contributed by atoms with Gasteiger partial charge in [0.2, 0.25) is 0 Å². The molecular formula is C15H19BrO2. The fourth-order valence-electron chi connectivity index (χ4n) is 2.67. The minimum atomic E-state index is -0.627. The van der Waals surface area contributed by atoms with Crippen LogP contribution in [0.2, 0.25) is 0 Å². The van der Waals surface area contributed by atoms with Crippen molar-refractivity contribution in [3.8, 4) is 0 Å². The average molecular weight is 311 g/mol. The molecule has 2 rings (SSSR count). The topological polar surface area (TPSA) is 29.5 Å². The van der Waals surface area contributed by atoms with Gasteiger partial charge >= 0.3 is 0 Å². The minimum absolute atomic E-state index is 0.0192. The van der Waals surface area contributed by atoms with Crippen LogP contribution in [0, 0.1) is 6.92 Å². The lowest BCUT2D eigenvalue weighted by Crippen LogP contribution is -2.40. The van der Waals surface area contributed by atoms with Crippen LogP contribution in [0.4, 0.5) is 0 Å². The molecule has 1 aromatic rings. The molecule has 18 heavy (non-hydrogen) atoms. The Labute approximate surface area is 117 Å². The van der Waals surface area contributed by atoms with Crippen molar-refractivity contribution in [2.24, 2.45) is 0 Å². The molecule has 1 aliphatic rings. The van der Waals surface area contributed by atoms with Crippen molar-refractivity contribution in [2.45, 2.75) is 31.8 Å². The van der Waals surface area contributed by atoms with E-state index < -0.39 is 5.60 Å². The molecule has 1 N–H and O–H groups in total. The van der Waals surface area contributed by atoms with Crippen LogP contribution in [0.3, 0.4) is 0 Å². The Bertz CT molecular complexity index is 470. The fourth-order valence-corrected chi connectivity index (χ4v) is 3.64. The number of aliphatic hydroxyl groups excluding tert-OH is 1. The van der Waals surface area contributed by atoms with E-state index in [1.54, 1.807) is 0 Å². The summed E-state index contributed by atoms with van der Waals surface area (Å²) in [6, 6.07) is 4.24. The quantitative estimate of drug-likeness (QED) is 0.863. The van der Waals surface area contributed by atoms with E-state index in [2.05, 4.69) is 48.5 Å². The molecule has 2 nitrogen and oxygen atoms in total. The van der Waals surface area contributed by atoms with Crippen LogP contribution in [-0.2, 0) is 10.3 Å². The van der Waals surface area contributed by atoms with Crippen molar-refractivity contribution >= 4 is 15.9 Å². The zero-order valence-electron chi connectivity index (χ0n) is 10.9. The molecule has 0 saturated heterocycles. The number of rotatable bonds is 3. The predicted octanol–water partition coefficient (Wildman–Crippen LogP) is 3.65. The van der Waals surface area contributed by atoms with Crippen LogP contribution in [0.15, 0.2) is 29.3 Å². The lowest BCUT2D eigenvalue weighted by atomic mass is 9.80. The summed E-state index contributed by atoms with van der Waals surface area (Å²) in [5.41, 5.74) is 2.89. The zero-order chi connectivity index (χ0) is 13.3. The maximum Gasteiger partial charge on any atom is 0.120 e. The molecular weight excluding hydrogens is 292 g/mol. The third-order valence-electron chi connectivity index (χ3n) is 3.60. The molecule has 1 aliphatic heterocycles. The second-order valence-electron chi connectivity index (χ2n) is 5.07. The highest BCUT2D eigenvalue weighted by atomic mass is 79.9. The van der Waals surface area contributed by atoms with Crippen LogP contribution < -0.4 is 0 Å². The lowest BCUT2D eigenvalue weighted by molar-refractivity contribution is -0.0982. The number of hydrogen-bond acceptors (Lipinski definition) is 2. The number of hydrogen-bond donors (Lipinski definition) is 1. The fraction of sp³-hybridized carbons (Fsp3) is 0.467. The number of fused-ring (bicyclic) bond motifs is 1. The van der Waals surface area contributed by atoms with Gasteiger partial charge in [0.05, 0.1) is 13.2 Å². The van der Waals surface area contributed by atoms with Gasteiger partial charge < -0.3 is 9.84 Å². The second kappa shape index (κ2) is 5.16. The molecule has 0 fully saturated rings.